The monoisotopic (exact) mass is 1220 g/mol. The van der Waals surface area contributed by atoms with Gasteiger partial charge in [0.05, 0.1) is 75.8 Å². The molecule has 3 radical (unpaired) electrons. The van der Waals surface area contributed by atoms with Gasteiger partial charge in [-0.05, 0) is 111 Å². The molecule has 0 saturated carbocycles. The number of nitrogens with two attached hydrogens (primary N) is 1. The van der Waals surface area contributed by atoms with Crippen molar-refractivity contribution >= 4 is 78.6 Å². The van der Waals surface area contributed by atoms with Crippen LogP contribution in [0.1, 0.15) is 118 Å². The lowest BCUT2D eigenvalue weighted by Gasteiger charge is -2.26. The van der Waals surface area contributed by atoms with E-state index in [1.165, 1.54) is 20.0 Å². The van der Waals surface area contributed by atoms with Crippen LogP contribution in [0, 0.1) is 17.8 Å². The van der Waals surface area contributed by atoms with E-state index in [-0.39, 0.29) is 49.4 Å². The molecule has 3 aromatic carbocycles. The van der Waals surface area contributed by atoms with Gasteiger partial charge < -0.3 is 54.1 Å². The third-order valence-electron chi connectivity index (χ3n) is 16.0. The maximum atomic E-state index is 12.7. The number of aliphatic hydroxyl groups is 1. The number of nitrogens with one attached hydrogen (secondary N) is 2. The molecule has 3 aliphatic rings. The molecule has 471 valence electrons. The van der Waals surface area contributed by atoms with E-state index in [9.17, 15) is 16.8 Å². The third-order valence-corrected chi connectivity index (χ3v) is 19.5. The first-order valence-electron chi connectivity index (χ1n) is 30.2. The molecule has 6 aromatic rings. The van der Waals surface area contributed by atoms with Crippen molar-refractivity contribution in [1.29, 1.82) is 0 Å². The first-order chi connectivity index (χ1) is 39.7. The Bertz CT molecular complexity index is 3130. The molecule has 0 amide bonds. The minimum atomic E-state index is -3.50. The van der Waals surface area contributed by atoms with Crippen LogP contribution in [0.2, 0.25) is 0 Å². The molecule has 6 heterocycles. The largest absolute Gasteiger partial charge is 0.395 e. The van der Waals surface area contributed by atoms with Gasteiger partial charge in [-0.25, -0.2) is 31.8 Å². The van der Waals surface area contributed by atoms with E-state index in [1.54, 1.807) is 14.1 Å². The molecule has 0 bridgehead atoms. The average Bonchev–Trinajstić information content (AvgIpc) is 2.72. The highest BCUT2D eigenvalue weighted by molar-refractivity contribution is 7.93. The van der Waals surface area contributed by atoms with Gasteiger partial charge in [-0.15, -0.1) is 0 Å². The summed E-state index contributed by atoms with van der Waals surface area (Å²) in [5.74, 6) is 4.90. The molecule has 9 rings (SSSR count). The summed E-state index contributed by atoms with van der Waals surface area (Å²) >= 11 is 0. The highest BCUT2D eigenvalue weighted by Gasteiger charge is 2.30. The van der Waals surface area contributed by atoms with Gasteiger partial charge in [0, 0.05) is 130 Å². The number of fused-ring (bicyclic) bond motifs is 3. The second-order valence-electron chi connectivity index (χ2n) is 25.8. The fourth-order valence-corrected chi connectivity index (χ4v) is 13.2. The van der Waals surface area contributed by atoms with Crippen molar-refractivity contribution in [2.45, 2.75) is 137 Å². The standard InChI is InChI=1S/2C22H36N4O4S.C18H27N3O.B/c1-22(2,3)21-24-19-15-18(25(4)31(28,29)14-10-23-9-11-27)5-6-20(19)26(21)16-17-7-12-30-13-8-17;1-22(2,3)21-24-19-15-18(25(4)31(27,28)14-13-30-12-9-23)5-6-20(19)26(21)16-17-7-10-29-11-8-17;1-18(2,3)17-20-15-11-14(19-4)5-6-16(15)21(17)12-13-7-9-22-10-8-13;/h5-6,15,17,23,27H,7-14,16H2,1-4H3;5-6,15,17H,7-14,16,23H2,1-4H3;5-6,11,13,19H,7-10,12H2,1-4H3;. The van der Waals surface area contributed by atoms with Gasteiger partial charge in [0.15, 0.2) is 0 Å². The highest BCUT2D eigenvalue weighted by atomic mass is 32.2. The number of aromatic nitrogens is 6. The fourth-order valence-electron chi connectivity index (χ4n) is 11.1. The van der Waals surface area contributed by atoms with Crippen molar-refractivity contribution in [1.82, 2.24) is 34.0 Å². The number of aliphatic hydroxyl groups excluding tert-OH is 1. The van der Waals surface area contributed by atoms with Gasteiger partial charge in [-0.3, -0.25) is 8.61 Å². The molecule has 85 heavy (non-hydrogen) atoms. The van der Waals surface area contributed by atoms with Crippen LogP contribution in [0.25, 0.3) is 33.1 Å². The second kappa shape index (κ2) is 30.4. The van der Waals surface area contributed by atoms with Crippen molar-refractivity contribution in [3.05, 3.63) is 72.1 Å². The van der Waals surface area contributed by atoms with Crippen LogP contribution in [0.5, 0.6) is 0 Å². The van der Waals surface area contributed by atoms with E-state index in [4.69, 9.17) is 44.7 Å². The molecule has 5 N–H and O–H groups in total. The maximum absolute atomic E-state index is 12.7. The number of hydrogen-bond donors (Lipinski definition) is 4. The first kappa shape index (κ1) is 69.3. The molecule has 3 aromatic heterocycles. The molecule has 0 unspecified atom stereocenters. The van der Waals surface area contributed by atoms with Gasteiger partial charge in [0.25, 0.3) is 0 Å². The number of rotatable bonds is 21. The molecule has 3 aliphatic heterocycles. The number of ether oxygens (including phenoxy) is 4. The second-order valence-corrected chi connectivity index (χ2v) is 30.0. The minimum Gasteiger partial charge on any atom is -0.395 e. The van der Waals surface area contributed by atoms with Gasteiger partial charge in [-0.1, -0.05) is 62.3 Å². The predicted molar refractivity (Wildman–Crippen MR) is 345 cm³/mol. The van der Waals surface area contributed by atoms with Crippen LogP contribution in [0.15, 0.2) is 54.6 Å². The summed E-state index contributed by atoms with van der Waals surface area (Å²) in [7, 11) is -1.88. The Morgan fingerprint density at radius 1 is 0.576 bits per heavy atom. The van der Waals surface area contributed by atoms with Crippen molar-refractivity contribution in [2.75, 3.05) is 126 Å². The van der Waals surface area contributed by atoms with Crippen LogP contribution in [-0.4, -0.2) is 171 Å². The Morgan fingerprint density at radius 2 is 0.941 bits per heavy atom. The quantitative estimate of drug-likeness (QED) is 0.0394. The van der Waals surface area contributed by atoms with Crippen molar-refractivity contribution in [2.24, 2.45) is 23.5 Å². The summed E-state index contributed by atoms with van der Waals surface area (Å²) in [5, 5.41) is 14.9. The summed E-state index contributed by atoms with van der Waals surface area (Å²) < 4.78 is 82.3. The molecule has 0 spiro atoms. The van der Waals surface area contributed by atoms with Gasteiger partial charge in [0.1, 0.15) is 17.5 Å². The summed E-state index contributed by atoms with van der Waals surface area (Å²) in [6, 6.07) is 17.9. The summed E-state index contributed by atoms with van der Waals surface area (Å²) in [4.78, 5) is 14.8. The van der Waals surface area contributed by atoms with E-state index < -0.39 is 20.0 Å². The number of hydrogen-bond acceptors (Lipinski definition) is 15. The number of sulfonamides is 2. The Balaban J connectivity index is 0.000000206. The zero-order chi connectivity index (χ0) is 61.0. The zero-order valence-electron chi connectivity index (χ0n) is 53.0. The van der Waals surface area contributed by atoms with Gasteiger partial charge in [0.2, 0.25) is 20.0 Å². The minimum absolute atomic E-state index is 0. The highest BCUT2D eigenvalue weighted by Crippen LogP contribution is 2.35. The number of nitrogens with zero attached hydrogens (tertiary/aromatic N) is 8. The number of anilines is 3. The van der Waals surface area contributed by atoms with Crippen LogP contribution in [-0.2, 0) is 74.9 Å². The Hall–Kier alpha value is -4.85. The van der Waals surface area contributed by atoms with Crippen LogP contribution >= 0.6 is 0 Å². The Morgan fingerprint density at radius 3 is 1.29 bits per heavy atom. The van der Waals surface area contributed by atoms with Gasteiger partial charge >= 0.3 is 0 Å². The van der Waals surface area contributed by atoms with Gasteiger partial charge in [-0.2, -0.15) is 0 Å². The third kappa shape index (κ3) is 18.4. The predicted octanol–water partition coefficient (Wildman–Crippen LogP) is 8.03. The molecule has 3 saturated heterocycles. The molecule has 3 fully saturated rings. The molecule has 0 aliphatic carbocycles. The van der Waals surface area contributed by atoms with Crippen LogP contribution in [0.4, 0.5) is 17.1 Å². The van der Waals surface area contributed by atoms with E-state index in [0.29, 0.717) is 55.4 Å². The van der Waals surface area contributed by atoms with Crippen molar-refractivity contribution in [3.8, 4) is 0 Å². The molecule has 20 nitrogen and oxygen atoms in total. The van der Waals surface area contributed by atoms with E-state index in [1.807, 2.05) is 43.4 Å². The lowest BCUT2D eigenvalue weighted by molar-refractivity contribution is 0.0610. The molecule has 23 heteroatoms. The van der Waals surface area contributed by atoms with Crippen molar-refractivity contribution in [3.63, 3.8) is 0 Å². The molecule has 0 atom stereocenters. The maximum Gasteiger partial charge on any atom is 0.237 e. The summed E-state index contributed by atoms with van der Waals surface area (Å²) in [6.07, 6.45) is 6.50. The topological polar surface area (TPSA) is 235 Å². The van der Waals surface area contributed by atoms with E-state index >= 15 is 0 Å². The SMILES string of the molecule is CN(c1ccc2c(c1)nc(C(C)(C)C)n2CC1CCOCC1)S(=O)(=O)CCNCCO.CN(c1ccc2c(c1)nc(C(C)(C)C)n2CC1CCOCC1)S(=O)(=O)CCOCCN.CNc1ccc2c(c1)nc(C(C)(C)C)n2CC1CCOCC1.[B]. The lowest BCUT2D eigenvalue weighted by Crippen LogP contribution is -2.34. The summed E-state index contributed by atoms with van der Waals surface area (Å²) in [6.45, 7) is 29.1. The number of imidazole rings is 3. The molecular weight excluding hydrogens is 1120 g/mol. The van der Waals surface area contributed by atoms with Crippen molar-refractivity contribution < 1.29 is 40.9 Å². The molecular formula is C62H99BN11O9S2. The normalized spacial score (nSPS) is 16.2. The van der Waals surface area contributed by atoms with E-state index in [0.717, 1.165) is 143 Å². The van der Waals surface area contributed by atoms with E-state index in [2.05, 4.69) is 105 Å². The van der Waals surface area contributed by atoms with Crippen LogP contribution < -0.4 is 25.0 Å². The lowest BCUT2D eigenvalue weighted by atomic mass is 9.94. The zero-order valence-corrected chi connectivity index (χ0v) is 54.6. The first-order valence-corrected chi connectivity index (χ1v) is 33.4. The summed E-state index contributed by atoms with van der Waals surface area (Å²) in [5.41, 5.74) is 13.5. The number of benzene rings is 3. The Labute approximate surface area is 509 Å². The smallest absolute Gasteiger partial charge is 0.237 e. The average molecular weight is 1220 g/mol. The Kier molecular flexibility index (Phi) is 24.8. The van der Waals surface area contributed by atoms with Crippen LogP contribution in [0.3, 0.4) is 0 Å². The fraction of sp³-hybridized carbons (Fsp3) is 0.661.